The van der Waals surface area contributed by atoms with Gasteiger partial charge in [0, 0.05) is 30.0 Å². The topological polar surface area (TPSA) is 62.2 Å². The molecule has 4 aliphatic carbocycles. The molecule has 6 aliphatic rings. The lowest BCUT2D eigenvalue weighted by Gasteiger charge is -2.72. The Morgan fingerprint density at radius 1 is 1.30 bits per heavy atom. The molecule has 2 spiro atoms. The van der Waals surface area contributed by atoms with Crippen LogP contribution in [0.15, 0.2) is 24.3 Å². The zero-order chi connectivity index (χ0) is 21.3. The fourth-order valence-corrected chi connectivity index (χ4v) is 8.12. The highest BCUT2D eigenvalue weighted by molar-refractivity contribution is 5.65. The van der Waals surface area contributed by atoms with E-state index in [0.717, 1.165) is 25.8 Å². The average Bonchev–Trinajstić information content (AvgIpc) is 3.09. The average molecular weight is 412 g/mol. The van der Waals surface area contributed by atoms with Gasteiger partial charge < -0.3 is 24.6 Å². The Morgan fingerprint density at radius 2 is 2.07 bits per heavy atom. The number of aliphatic hydroxyl groups is 1. The van der Waals surface area contributed by atoms with E-state index in [9.17, 15) is 10.2 Å². The van der Waals surface area contributed by atoms with E-state index in [-0.39, 0.29) is 34.5 Å². The summed E-state index contributed by atoms with van der Waals surface area (Å²) >= 11 is 0. The summed E-state index contributed by atoms with van der Waals surface area (Å²) in [7, 11) is 3.99. The summed E-state index contributed by atoms with van der Waals surface area (Å²) in [5.74, 6) is 0.872. The van der Waals surface area contributed by atoms with Crippen molar-refractivity contribution in [3.63, 3.8) is 0 Å². The number of hydrogen-bond acceptors (Lipinski definition) is 5. The Kier molecular flexibility index (Phi) is 3.47. The van der Waals surface area contributed by atoms with E-state index in [0.29, 0.717) is 11.8 Å². The Hall–Kier alpha value is -1.56. The van der Waals surface area contributed by atoms with Crippen molar-refractivity contribution in [3.05, 3.63) is 35.4 Å². The van der Waals surface area contributed by atoms with Crippen LogP contribution in [-0.2, 0) is 16.6 Å². The number of hydrogen-bond donors (Lipinski definition) is 2. The molecule has 162 valence electrons. The van der Waals surface area contributed by atoms with Gasteiger partial charge in [0.05, 0.1) is 11.0 Å². The van der Waals surface area contributed by atoms with Gasteiger partial charge in [-0.2, -0.15) is 0 Å². The number of rotatable bonds is 3. The smallest absolute Gasteiger partial charge is 0.165 e. The minimum atomic E-state index is -0.900. The largest absolute Gasteiger partial charge is 0.504 e. The molecule has 5 heteroatoms. The van der Waals surface area contributed by atoms with Gasteiger partial charge in [0.25, 0.3) is 0 Å². The summed E-state index contributed by atoms with van der Waals surface area (Å²) in [6.07, 6.45) is 7.15. The summed E-state index contributed by atoms with van der Waals surface area (Å²) in [6, 6.07) is 4.22. The molecule has 1 aromatic rings. The zero-order valence-corrected chi connectivity index (χ0v) is 18.6. The van der Waals surface area contributed by atoms with E-state index in [4.69, 9.17) is 9.47 Å². The van der Waals surface area contributed by atoms with Crippen LogP contribution in [0, 0.1) is 17.3 Å². The van der Waals surface area contributed by atoms with Crippen molar-refractivity contribution in [1.29, 1.82) is 0 Å². The number of likely N-dealkylation sites (tertiary alicyclic amines) is 1. The fraction of sp³-hybridized carbons (Fsp3) is 0.680. The van der Waals surface area contributed by atoms with Crippen LogP contribution in [0.2, 0.25) is 0 Å². The third-order valence-corrected chi connectivity index (χ3v) is 9.95. The van der Waals surface area contributed by atoms with Gasteiger partial charge >= 0.3 is 0 Å². The standard InChI is InChI=1S/C25H33NO4/c1-14(2)22(3,28)17-13-23-8-9-25(17,29-5)21-24(23)10-11-26(4)18(23)12-15-6-7-16(27)20(30-21)19(15)24/h6-9,14,17-18,21,27-28H,10-13H2,1-5H3/t17-,18-,21-,22?,23-,24+,25-/m1/s1. The Balaban J connectivity index is 1.68. The molecule has 0 amide bonds. The molecule has 7 rings (SSSR count). The lowest BCUT2D eigenvalue weighted by atomic mass is 9.36. The van der Waals surface area contributed by atoms with Gasteiger partial charge in [0.2, 0.25) is 0 Å². The number of phenolic OH excluding ortho intramolecular Hbond substituents is 1. The Bertz CT molecular complexity index is 970. The van der Waals surface area contributed by atoms with E-state index in [1.54, 1.807) is 13.2 Å². The van der Waals surface area contributed by atoms with Gasteiger partial charge in [-0.25, -0.2) is 0 Å². The molecule has 2 N–H and O–H groups in total. The maximum Gasteiger partial charge on any atom is 0.165 e. The minimum absolute atomic E-state index is 0.0866. The van der Waals surface area contributed by atoms with E-state index >= 15 is 0 Å². The van der Waals surface area contributed by atoms with Crippen LogP contribution >= 0.6 is 0 Å². The minimum Gasteiger partial charge on any atom is -0.504 e. The molecule has 1 unspecified atom stereocenters. The van der Waals surface area contributed by atoms with Crippen LogP contribution in [0.5, 0.6) is 11.5 Å². The first-order chi connectivity index (χ1) is 14.2. The van der Waals surface area contributed by atoms with Crippen LogP contribution in [0.1, 0.15) is 44.7 Å². The number of nitrogens with zero attached hydrogens (tertiary/aromatic N) is 1. The highest BCUT2D eigenvalue weighted by atomic mass is 16.6. The molecule has 0 aromatic heterocycles. The van der Waals surface area contributed by atoms with Crippen LogP contribution in [0.25, 0.3) is 0 Å². The van der Waals surface area contributed by atoms with E-state index in [2.05, 4.69) is 44.0 Å². The van der Waals surface area contributed by atoms with Gasteiger partial charge in [-0.05, 0) is 57.3 Å². The van der Waals surface area contributed by atoms with Crippen molar-refractivity contribution in [2.75, 3.05) is 20.7 Å². The van der Waals surface area contributed by atoms with E-state index in [1.807, 2.05) is 6.92 Å². The first-order valence-electron chi connectivity index (χ1n) is 11.4. The monoisotopic (exact) mass is 411 g/mol. The molecule has 4 bridgehead atoms. The number of methoxy groups -OCH3 is 1. The normalized spacial score (nSPS) is 44.7. The number of likely N-dealkylation sites (N-methyl/N-ethyl adjacent to an activating group) is 1. The predicted molar refractivity (Wildman–Crippen MR) is 114 cm³/mol. The number of fused-ring (bicyclic) bond motifs is 1. The molecule has 2 heterocycles. The predicted octanol–water partition coefficient (Wildman–Crippen LogP) is 3.02. The second-order valence-electron chi connectivity index (χ2n) is 10.9. The second-order valence-corrected chi connectivity index (χ2v) is 10.9. The third-order valence-electron chi connectivity index (χ3n) is 9.95. The molecule has 0 radical (unpaired) electrons. The van der Waals surface area contributed by atoms with Crippen molar-refractivity contribution in [1.82, 2.24) is 4.90 Å². The van der Waals surface area contributed by atoms with Gasteiger partial charge in [-0.1, -0.05) is 32.1 Å². The maximum atomic E-state index is 11.7. The molecular formula is C25H33NO4. The van der Waals surface area contributed by atoms with Crippen LogP contribution in [-0.4, -0.2) is 59.2 Å². The number of phenols is 1. The van der Waals surface area contributed by atoms with Gasteiger partial charge in [-0.3, -0.25) is 0 Å². The summed E-state index contributed by atoms with van der Waals surface area (Å²) in [6.45, 7) is 7.14. The maximum absolute atomic E-state index is 11.7. The van der Waals surface area contributed by atoms with Crippen LogP contribution in [0.3, 0.4) is 0 Å². The molecule has 1 saturated heterocycles. The summed E-state index contributed by atoms with van der Waals surface area (Å²) in [4.78, 5) is 2.51. The summed E-state index contributed by atoms with van der Waals surface area (Å²) < 4.78 is 13.1. The van der Waals surface area contributed by atoms with Crippen molar-refractivity contribution in [3.8, 4) is 11.5 Å². The highest BCUT2D eigenvalue weighted by Gasteiger charge is 2.80. The first-order valence-corrected chi connectivity index (χ1v) is 11.4. The SMILES string of the molecule is CO[C@]12C=C[C@@]3(C[C@@H]1C(C)(O)C(C)C)[C@H]1Cc4ccc(O)c5c4[C@@]3(CCN1C)[C@H]2O5. The van der Waals surface area contributed by atoms with E-state index in [1.165, 1.54) is 11.1 Å². The summed E-state index contributed by atoms with van der Waals surface area (Å²) in [5.41, 5.74) is 0.525. The quantitative estimate of drug-likeness (QED) is 0.749. The molecule has 2 aliphatic heterocycles. The fourth-order valence-electron chi connectivity index (χ4n) is 8.12. The number of ether oxygens (including phenoxy) is 2. The number of benzene rings is 1. The van der Waals surface area contributed by atoms with Crippen molar-refractivity contribution in [2.24, 2.45) is 17.3 Å². The molecule has 1 saturated carbocycles. The van der Waals surface area contributed by atoms with Crippen molar-refractivity contribution in [2.45, 2.75) is 68.8 Å². The second kappa shape index (κ2) is 5.43. The molecule has 7 atom stereocenters. The Morgan fingerprint density at radius 3 is 2.77 bits per heavy atom. The third kappa shape index (κ3) is 1.73. The molecular weight excluding hydrogens is 378 g/mol. The molecule has 2 fully saturated rings. The molecule has 30 heavy (non-hydrogen) atoms. The van der Waals surface area contributed by atoms with Crippen LogP contribution in [0.4, 0.5) is 0 Å². The van der Waals surface area contributed by atoms with Crippen LogP contribution < -0.4 is 4.74 Å². The number of aromatic hydroxyl groups is 1. The highest BCUT2D eigenvalue weighted by Crippen LogP contribution is 2.75. The van der Waals surface area contributed by atoms with Gasteiger partial charge in [0.15, 0.2) is 11.5 Å². The lowest BCUT2D eigenvalue weighted by molar-refractivity contribution is -0.252. The van der Waals surface area contributed by atoms with Crippen molar-refractivity contribution >= 4 is 0 Å². The first kappa shape index (κ1) is 19.1. The van der Waals surface area contributed by atoms with Gasteiger partial charge in [0.1, 0.15) is 11.7 Å². The summed E-state index contributed by atoms with van der Waals surface area (Å²) in [5, 5.41) is 22.5. The van der Waals surface area contributed by atoms with E-state index < -0.39 is 11.2 Å². The van der Waals surface area contributed by atoms with Gasteiger partial charge in [-0.15, -0.1) is 0 Å². The molecule has 1 aromatic carbocycles. The van der Waals surface area contributed by atoms with Crippen molar-refractivity contribution < 1.29 is 19.7 Å². The lowest BCUT2D eigenvalue weighted by Crippen LogP contribution is -2.80. The molecule has 5 nitrogen and oxygen atoms in total. The Labute approximate surface area is 178 Å². The zero-order valence-electron chi connectivity index (χ0n) is 18.6. The number of piperidine rings is 1.